The van der Waals surface area contributed by atoms with Crippen LogP contribution in [0.15, 0.2) is 47.4 Å². The van der Waals surface area contributed by atoms with Gasteiger partial charge in [-0.1, -0.05) is 38.1 Å². The average Bonchev–Trinajstić information content (AvgIpc) is 3.42. The van der Waals surface area contributed by atoms with E-state index in [0.717, 1.165) is 15.8 Å². The number of thiazole rings is 1. The van der Waals surface area contributed by atoms with Crippen molar-refractivity contribution in [2.24, 2.45) is 11.3 Å². The number of nitrogens with one attached hydrogen (secondary N) is 2. The van der Waals surface area contributed by atoms with E-state index in [1.165, 1.54) is 23.2 Å². The number of fused-ring (bicyclic) bond motifs is 2. The Hall–Kier alpha value is -3.55. The molecular formula is C33H42N4O7S2. The van der Waals surface area contributed by atoms with Gasteiger partial charge in [0, 0.05) is 26.4 Å². The number of nitrogens with zero attached hydrogens (tertiary/aromatic N) is 2. The molecule has 1 saturated heterocycles. The fraction of sp³-hybridized carbons (Fsp3) is 0.515. The fourth-order valence-electron chi connectivity index (χ4n) is 6.26. The third-order valence-electron chi connectivity index (χ3n) is 8.51. The Labute approximate surface area is 274 Å². The molecule has 3 atom stereocenters. The van der Waals surface area contributed by atoms with Crippen LogP contribution in [0, 0.1) is 11.3 Å². The summed E-state index contributed by atoms with van der Waals surface area (Å²) in [5.41, 5.74) is 2.16. The molecule has 13 heteroatoms. The van der Waals surface area contributed by atoms with Crippen molar-refractivity contribution in [2.45, 2.75) is 76.8 Å². The number of anilines is 1. The van der Waals surface area contributed by atoms with Gasteiger partial charge in [-0.05, 0) is 67.7 Å². The number of piperidine rings is 1. The van der Waals surface area contributed by atoms with Crippen molar-refractivity contribution in [1.82, 2.24) is 14.6 Å². The summed E-state index contributed by atoms with van der Waals surface area (Å²) in [5.74, 6) is -1.42. The van der Waals surface area contributed by atoms with Gasteiger partial charge in [-0.2, -0.15) is 4.72 Å². The molecule has 248 valence electrons. The van der Waals surface area contributed by atoms with Gasteiger partial charge < -0.3 is 19.7 Å². The van der Waals surface area contributed by atoms with Crippen LogP contribution in [0.1, 0.15) is 57.5 Å². The van der Waals surface area contributed by atoms with Crippen LogP contribution in [0.25, 0.3) is 10.2 Å². The quantitative estimate of drug-likeness (QED) is 0.285. The molecule has 0 saturated carbocycles. The van der Waals surface area contributed by atoms with Crippen molar-refractivity contribution < 1.29 is 32.3 Å². The molecule has 2 aromatic carbocycles. The molecule has 46 heavy (non-hydrogen) atoms. The lowest BCUT2D eigenvalue weighted by atomic mass is 9.82. The highest BCUT2D eigenvalue weighted by Crippen LogP contribution is 2.36. The summed E-state index contributed by atoms with van der Waals surface area (Å²) >= 11 is 1.40. The van der Waals surface area contributed by atoms with Crippen LogP contribution in [0.2, 0.25) is 0 Å². The average molecular weight is 671 g/mol. The number of hydrogen-bond donors (Lipinski definition) is 2. The predicted octanol–water partition coefficient (Wildman–Crippen LogP) is 4.30. The predicted molar refractivity (Wildman–Crippen MR) is 176 cm³/mol. The molecule has 3 aromatic rings. The van der Waals surface area contributed by atoms with Crippen LogP contribution < -0.4 is 10.0 Å². The first kappa shape index (κ1) is 33.8. The number of rotatable bonds is 11. The lowest BCUT2D eigenvalue weighted by Gasteiger charge is -2.39. The molecule has 3 heterocycles. The normalized spacial score (nSPS) is 20.0. The topological polar surface area (TPSA) is 144 Å². The highest BCUT2D eigenvalue weighted by Gasteiger charge is 2.41. The van der Waals surface area contributed by atoms with E-state index in [4.69, 9.17) is 9.47 Å². The van der Waals surface area contributed by atoms with E-state index in [-0.39, 0.29) is 48.4 Å². The first-order valence-corrected chi connectivity index (χ1v) is 18.0. The number of para-hydroxylation sites is 2. The molecule has 1 unspecified atom stereocenters. The number of likely N-dealkylation sites (tertiary alicyclic amines) is 1. The number of carbonyl (C=O) groups excluding carboxylic acids is 3. The Bertz CT molecular complexity index is 1670. The Morgan fingerprint density at radius 3 is 2.67 bits per heavy atom. The SMILES string of the molecule is CCOC(=O)[C@@H]1C[C@@H](CCOC(C)=O)CCN1C(=O)C(Cc1nc2ccccc2s1)NS(=O)(=O)c1cccc2c1NCC(C)(C)C2. The number of aromatic nitrogens is 1. The zero-order valence-corrected chi connectivity index (χ0v) is 28.3. The molecule has 2 aliphatic rings. The van der Waals surface area contributed by atoms with Crippen molar-refractivity contribution in [3.05, 3.63) is 53.0 Å². The molecule has 1 amide bonds. The van der Waals surface area contributed by atoms with Crippen molar-refractivity contribution in [1.29, 1.82) is 0 Å². The van der Waals surface area contributed by atoms with Gasteiger partial charge in [-0.15, -0.1) is 11.3 Å². The van der Waals surface area contributed by atoms with Gasteiger partial charge >= 0.3 is 11.9 Å². The van der Waals surface area contributed by atoms with Crippen LogP contribution in [0.3, 0.4) is 0 Å². The lowest BCUT2D eigenvalue weighted by molar-refractivity contribution is -0.158. The maximum absolute atomic E-state index is 14.4. The number of hydrogen-bond acceptors (Lipinski definition) is 10. The maximum atomic E-state index is 14.4. The summed E-state index contributed by atoms with van der Waals surface area (Å²) < 4.78 is 42.3. The molecule has 2 N–H and O–H groups in total. The zero-order chi connectivity index (χ0) is 33.1. The molecule has 5 rings (SSSR count). The van der Waals surface area contributed by atoms with E-state index in [1.54, 1.807) is 19.1 Å². The number of amides is 1. The summed E-state index contributed by atoms with van der Waals surface area (Å²) in [6, 6.07) is 10.6. The maximum Gasteiger partial charge on any atom is 0.328 e. The van der Waals surface area contributed by atoms with Crippen LogP contribution >= 0.6 is 11.3 Å². The van der Waals surface area contributed by atoms with Crippen LogP contribution in [0.5, 0.6) is 0 Å². The molecule has 1 aromatic heterocycles. The summed E-state index contributed by atoms with van der Waals surface area (Å²) in [5, 5.41) is 3.91. The fourth-order valence-corrected chi connectivity index (χ4v) is 8.69. The van der Waals surface area contributed by atoms with Crippen molar-refractivity contribution in [3.8, 4) is 0 Å². The van der Waals surface area contributed by atoms with Gasteiger partial charge in [-0.3, -0.25) is 9.59 Å². The van der Waals surface area contributed by atoms with E-state index in [1.807, 2.05) is 30.3 Å². The second-order valence-corrected chi connectivity index (χ2v) is 15.6. The van der Waals surface area contributed by atoms with E-state index >= 15 is 0 Å². The second kappa shape index (κ2) is 14.1. The van der Waals surface area contributed by atoms with Crippen molar-refractivity contribution in [2.75, 3.05) is 31.6 Å². The molecule has 0 radical (unpaired) electrons. The van der Waals surface area contributed by atoms with Crippen LogP contribution in [-0.2, 0) is 46.7 Å². The summed E-state index contributed by atoms with van der Waals surface area (Å²) in [6.45, 7) is 8.47. The zero-order valence-electron chi connectivity index (χ0n) is 26.7. The first-order valence-electron chi connectivity index (χ1n) is 15.7. The van der Waals surface area contributed by atoms with Crippen LogP contribution in [0.4, 0.5) is 5.69 Å². The van der Waals surface area contributed by atoms with E-state index in [2.05, 4.69) is 28.9 Å². The molecule has 2 aliphatic heterocycles. The Balaban J connectivity index is 1.46. The third kappa shape index (κ3) is 7.87. The van der Waals surface area contributed by atoms with Gasteiger partial charge in [0.2, 0.25) is 15.9 Å². The van der Waals surface area contributed by atoms with E-state index in [9.17, 15) is 22.8 Å². The van der Waals surface area contributed by atoms with Gasteiger partial charge in [0.15, 0.2) is 0 Å². The Morgan fingerprint density at radius 2 is 1.93 bits per heavy atom. The van der Waals surface area contributed by atoms with Gasteiger partial charge in [0.1, 0.15) is 17.0 Å². The summed E-state index contributed by atoms with van der Waals surface area (Å²) in [7, 11) is -4.20. The van der Waals surface area contributed by atoms with Crippen LogP contribution in [-0.4, -0.2) is 74.5 Å². The number of esters is 2. The van der Waals surface area contributed by atoms with Gasteiger partial charge in [-0.25, -0.2) is 18.2 Å². The number of sulfonamides is 1. The minimum atomic E-state index is -4.20. The second-order valence-electron chi connectivity index (χ2n) is 12.8. The van der Waals surface area contributed by atoms with E-state index in [0.29, 0.717) is 42.9 Å². The minimum Gasteiger partial charge on any atom is -0.466 e. The molecule has 0 bridgehead atoms. The molecule has 1 fully saturated rings. The highest BCUT2D eigenvalue weighted by molar-refractivity contribution is 7.89. The number of ether oxygens (including phenoxy) is 2. The molecule has 11 nitrogen and oxygen atoms in total. The van der Waals surface area contributed by atoms with Crippen molar-refractivity contribution in [3.63, 3.8) is 0 Å². The highest BCUT2D eigenvalue weighted by atomic mass is 32.2. The largest absolute Gasteiger partial charge is 0.466 e. The smallest absolute Gasteiger partial charge is 0.328 e. The van der Waals surface area contributed by atoms with Gasteiger partial charge in [0.05, 0.1) is 34.1 Å². The van der Waals surface area contributed by atoms with E-state index < -0.39 is 34.0 Å². The monoisotopic (exact) mass is 670 g/mol. The Morgan fingerprint density at radius 1 is 1.15 bits per heavy atom. The van der Waals surface area contributed by atoms with Gasteiger partial charge in [0.25, 0.3) is 0 Å². The van der Waals surface area contributed by atoms with Crippen molar-refractivity contribution >= 4 is 55.1 Å². The standard InChI is InChI=1S/C33H42N4O7S2/c1-5-43-32(40)26-17-22(14-16-44-21(2)38)13-15-37(26)31(39)25(18-29-35-24-10-6-7-11-27(24)45-29)36-46(41,42)28-12-8-9-23-19-33(3,4)20-34-30(23)28/h6-12,22,25-26,34,36H,5,13-20H2,1-4H3/t22-,25?,26+/m1/s1. The molecule has 0 spiro atoms. The minimum absolute atomic E-state index is 0.00875. The third-order valence-corrected chi connectivity index (χ3v) is 11.1. The Kier molecular flexibility index (Phi) is 10.3. The summed E-state index contributed by atoms with van der Waals surface area (Å²) in [6.07, 6.45) is 2.14. The number of carbonyl (C=O) groups is 3. The first-order chi connectivity index (χ1) is 21.9. The lowest BCUT2D eigenvalue weighted by Crippen LogP contribution is -2.57. The number of benzene rings is 2. The molecular weight excluding hydrogens is 629 g/mol. The summed E-state index contributed by atoms with van der Waals surface area (Å²) in [4.78, 5) is 45.1. The molecule has 0 aliphatic carbocycles.